The van der Waals surface area contributed by atoms with Crippen LogP contribution in [0.3, 0.4) is 0 Å². The summed E-state index contributed by atoms with van der Waals surface area (Å²) in [5, 5.41) is 0.370. The van der Waals surface area contributed by atoms with Gasteiger partial charge in [0.15, 0.2) is 6.29 Å². The van der Waals surface area contributed by atoms with E-state index >= 15 is 0 Å². The van der Waals surface area contributed by atoms with E-state index in [0.717, 1.165) is 6.29 Å². The van der Waals surface area contributed by atoms with Crippen LogP contribution in [0.1, 0.15) is 10.4 Å². The number of halogens is 1. The van der Waals surface area contributed by atoms with Crippen LogP contribution in [0.5, 0.6) is 11.5 Å². The molecule has 0 bridgehead atoms. The van der Waals surface area contributed by atoms with Crippen molar-refractivity contribution in [3.8, 4) is 22.8 Å². The normalized spacial score (nSPS) is 10.1. The molecule has 1 heterocycles. The average Bonchev–Trinajstić information content (AvgIpc) is 2.45. The maximum absolute atomic E-state index is 11.1. The van der Waals surface area contributed by atoms with Gasteiger partial charge in [-0.25, -0.2) is 4.98 Å². The zero-order valence-electron chi connectivity index (χ0n) is 10.5. The third kappa shape index (κ3) is 2.69. The van der Waals surface area contributed by atoms with Crippen molar-refractivity contribution in [2.24, 2.45) is 0 Å². The lowest BCUT2D eigenvalue weighted by molar-refractivity contribution is 0.112. The van der Waals surface area contributed by atoms with E-state index < -0.39 is 0 Å². The van der Waals surface area contributed by atoms with Crippen molar-refractivity contribution in [1.29, 1.82) is 0 Å². The van der Waals surface area contributed by atoms with Crippen molar-refractivity contribution in [1.82, 2.24) is 4.98 Å². The largest absolute Gasteiger partial charge is 0.497 e. The Kier molecular flexibility index (Phi) is 4.02. The predicted molar refractivity (Wildman–Crippen MR) is 73.2 cm³/mol. The molecule has 0 aliphatic rings. The summed E-state index contributed by atoms with van der Waals surface area (Å²) in [6.45, 7) is 0. The quantitative estimate of drug-likeness (QED) is 0.636. The molecule has 0 N–H and O–H groups in total. The van der Waals surface area contributed by atoms with Gasteiger partial charge in [-0.2, -0.15) is 0 Å². The minimum atomic E-state index is 0.370. The highest BCUT2D eigenvalue weighted by Gasteiger charge is 2.14. The summed E-state index contributed by atoms with van der Waals surface area (Å²) in [6, 6.07) is 8.62. The van der Waals surface area contributed by atoms with E-state index in [-0.39, 0.29) is 0 Å². The molecule has 0 spiro atoms. The molecule has 0 saturated heterocycles. The molecule has 0 atom stereocenters. The standard InChI is InChI=1S/C14H12ClNO3/c1-18-10-6-9(8-17)14(19-2)11(7-10)12-4-3-5-13(15)16-12/h3-8H,1-2H3. The van der Waals surface area contributed by atoms with E-state index in [1.807, 2.05) is 0 Å². The van der Waals surface area contributed by atoms with Gasteiger partial charge in [0, 0.05) is 5.56 Å². The van der Waals surface area contributed by atoms with Crippen molar-refractivity contribution in [3.63, 3.8) is 0 Å². The number of carbonyl (C=O) groups excluding carboxylic acids is 1. The Hall–Kier alpha value is -2.07. The number of aromatic nitrogens is 1. The number of hydrogen-bond acceptors (Lipinski definition) is 4. The second-order valence-corrected chi connectivity index (χ2v) is 4.15. The van der Waals surface area contributed by atoms with Gasteiger partial charge in [0.2, 0.25) is 0 Å². The second kappa shape index (κ2) is 5.71. The summed E-state index contributed by atoms with van der Waals surface area (Å²) in [5.74, 6) is 1.00. The molecule has 1 aromatic heterocycles. The Labute approximate surface area is 115 Å². The molecule has 19 heavy (non-hydrogen) atoms. The maximum Gasteiger partial charge on any atom is 0.153 e. The molecule has 98 valence electrons. The van der Waals surface area contributed by atoms with Crippen LogP contribution in [0.15, 0.2) is 30.3 Å². The minimum absolute atomic E-state index is 0.370. The first kappa shape index (κ1) is 13.4. The van der Waals surface area contributed by atoms with Gasteiger partial charge in [-0.3, -0.25) is 4.79 Å². The highest BCUT2D eigenvalue weighted by atomic mass is 35.5. The van der Waals surface area contributed by atoms with Gasteiger partial charge >= 0.3 is 0 Å². The van der Waals surface area contributed by atoms with Crippen LogP contribution in [-0.2, 0) is 0 Å². The Morgan fingerprint density at radius 1 is 1.21 bits per heavy atom. The molecular formula is C14H12ClNO3. The molecule has 4 nitrogen and oxygen atoms in total. The second-order valence-electron chi connectivity index (χ2n) is 3.76. The number of carbonyl (C=O) groups is 1. The summed E-state index contributed by atoms with van der Waals surface area (Å²) in [5.41, 5.74) is 1.68. The molecule has 0 fully saturated rings. The Balaban J connectivity index is 2.69. The van der Waals surface area contributed by atoms with Gasteiger partial charge in [0.25, 0.3) is 0 Å². The molecule has 0 aliphatic heterocycles. The van der Waals surface area contributed by atoms with Crippen LogP contribution in [0, 0.1) is 0 Å². The molecule has 0 saturated carbocycles. The van der Waals surface area contributed by atoms with Crippen LogP contribution >= 0.6 is 11.6 Å². The number of pyridine rings is 1. The number of benzene rings is 1. The Bertz CT molecular complexity index is 614. The molecule has 5 heteroatoms. The summed E-state index contributed by atoms with van der Waals surface area (Å²) < 4.78 is 10.5. The lowest BCUT2D eigenvalue weighted by Gasteiger charge is -2.12. The maximum atomic E-state index is 11.1. The minimum Gasteiger partial charge on any atom is -0.497 e. The van der Waals surface area contributed by atoms with Gasteiger partial charge < -0.3 is 9.47 Å². The first-order valence-electron chi connectivity index (χ1n) is 5.53. The van der Waals surface area contributed by atoms with Gasteiger partial charge in [0.05, 0.1) is 25.5 Å². The van der Waals surface area contributed by atoms with Crippen molar-refractivity contribution < 1.29 is 14.3 Å². The van der Waals surface area contributed by atoms with Crippen molar-refractivity contribution >= 4 is 17.9 Å². The fourth-order valence-corrected chi connectivity index (χ4v) is 1.97. The molecule has 1 aromatic carbocycles. The SMILES string of the molecule is COc1cc(C=O)c(OC)c(-c2cccc(Cl)n2)c1. The number of methoxy groups -OCH3 is 2. The highest BCUT2D eigenvalue weighted by Crippen LogP contribution is 2.35. The molecule has 0 amide bonds. The number of aldehydes is 1. The lowest BCUT2D eigenvalue weighted by atomic mass is 10.1. The first-order chi connectivity index (χ1) is 9.19. The zero-order chi connectivity index (χ0) is 13.8. The molecule has 2 rings (SSSR count). The average molecular weight is 278 g/mol. The van der Waals surface area contributed by atoms with Crippen molar-refractivity contribution in [3.05, 3.63) is 41.0 Å². The van der Waals surface area contributed by atoms with E-state index in [2.05, 4.69) is 4.98 Å². The third-order valence-corrected chi connectivity index (χ3v) is 2.86. The van der Waals surface area contributed by atoms with E-state index in [1.165, 1.54) is 14.2 Å². The molecule has 0 aliphatic carbocycles. The highest BCUT2D eigenvalue weighted by molar-refractivity contribution is 6.29. The Morgan fingerprint density at radius 2 is 2.00 bits per heavy atom. The van der Waals surface area contributed by atoms with Crippen molar-refractivity contribution in [2.45, 2.75) is 0 Å². The molecule has 0 unspecified atom stereocenters. The van der Waals surface area contributed by atoms with E-state index in [4.69, 9.17) is 21.1 Å². The van der Waals surface area contributed by atoms with Gasteiger partial charge in [-0.1, -0.05) is 17.7 Å². The molecule has 2 aromatic rings. The van der Waals surface area contributed by atoms with Crippen molar-refractivity contribution in [2.75, 3.05) is 14.2 Å². The van der Waals surface area contributed by atoms with Crippen LogP contribution in [0.25, 0.3) is 11.3 Å². The topological polar surface area (TPSA) is 48.4 Å². The fraction of sp³-hybridized carbons (Fsp3) is 0.143. The summed E-state index contributed by atoms with van der Waals surface area (Å²) in [6.07, 6.45) is 0.718. The fourth-order valence-electron chi connectivity index (χ4n) is 1.81. The van der Waals surface area contributed by atoms with Crippen LogP contribution in [-0.4, -0.2) is 25.5 Å². The number of hydrogen-bond donors (Lipinski definition) is 0. The predicted octanol–water partition coefficient (Wildman–Crippen LogP) is 3.23. The smallest absolute Gasteiger partial charge is 0.153 e. The Morgan fingerprint density at radius 3 is 2.58 bits per heavy atom. The first-order valence-corrected chi connectivity index (χ1v) is 5.91. The number of rotatable bonds is 4. The van der Waals surface area contributed by atoms with Crippen LogP contribution in [0.4, 0.5) is 0 Å². The molecule has 0 radical (unpaired) electrons. The third-order valence-electron chi connectivity index (χ3n) is 2.65. The number of ether oxygens (including phenoxy) is 2. The van der Waals surface area contributed by atoms with Crippen LogP contribution < -0.4 is 9.47 Å². The summed E-state index contributed by atoms with van der Waals surface area (Å²) in [7, 11) is 3.04. The van der Waals surface area contributed by atoms with Gasteiger partial charge in [0.1, 0.15) is 16.7 Å². The monoisotopic (exact) mass is 277 g/mol. The van der Waals surface area contributed by atoms with Crippen LogP contribution in [0.2, 0.25) is 5.15 Å². The summed E-state index contributed by atoms with van der Waals surface area (Å²) in [4.78, 5) is 15.3. The molecular weight excluding hydrogens is 266 g/mol. The zero-order valence-corrected chi connectivity index (χ0v) is 11.3. The van der Waals surface area contributed by atoms with E-state index in [9.17, 15) is 4.79 Å². The van der Waals surface area contributed by atoms with Gasteiger partial charge in [-0.15, -0.1) is 0 Å². The summed E-state index contributed by atoms with van der Waals surface area (Å²) >= 11 is 5.88. The van der Waals surface area contributed by atoms with E-state index in [1.54, 1.807) is 30.3 Å². The lowest BCUT2D eigenvalue weighted by Crippen LogP contribution is -1.97. The number of nitrogens with zero attached hydrogens (tertiary/aromatic N) is 1. The van der Waals surface area contributed by atoms with Gasteiger partial charge in [-0.05, 0) is 24.3 Å². The van der Waals surface area contributed by atoms with E-state index in [0.29, 0.717) is 33.5 Å².